The molecule has 0 heterocycles. The molecule has 0 saturated heterocycles. The lowest BCUT2D eigenvalue weighted by Gasteiger charge is -2.15. The second-order valence-electron chi connectivity index (χ2n) is 4.80. The highest BCUT2D eigenvalue weighted by Gasteiger charge is 2.30. The molecule has 0 radical (unpaired) electrons. The van der Waals surface area contributed by atoms with Gasteiger partial charge in [-0.15, -0.1) is 0 Å². The van der Waals surface area contributed by atoms with Crippen LogP contribution in [-0.4, -0.2) is 38.1 Å². The number of benzene rings is 1. The van der Waals surface area contributed by atoms with E-state index in [0.717, 1.165) is 26.4 Å². The lowest BCUT2D eigenvalue weighted by Crippen LogP contribution is -2.43. The van der Waals surface area contributed by atoms with Crippen LogP contribution in [0.4, 0.5) is 13.2 Å². The number of esters is 2. The molecule has 0 aliphatic rings. The zero-order chi connectivity index (χ0) is 18.3. The lowest BCUT2D eigenvalue weighted by atomic mass is 10.1. The van der Waals surface area contributed by atoms with E-state index in [1.807, 2.05) is 0 Å². The van der Waals surface area contributed by atoms with Crippen LogP contribution in [0.3, 0.4) is 0 Å². The van der Waals surface area contributed by atoms with Crippen LogP contribution in [0, 0.1) is 0 Å². The number of alkyl halides is 3. The molecule has 0 aromatic heterocycles. The van der Waals surface area contributed by atoms with Gasteiger partial charge in [0.25, 0.3) is 0 Å². The summed E-state index contributed by atoms with van der Waals surface area (Å²) in [4.78, 5) is 34.7. The average Bonchev–Trinajstić information content (AvgIpc) is 2.52. The average molecular weight is 347 g/mol. The van der Waals surface area contributed by atoms with Crippen LogP contribution in [0.15, 0.2) is 24.3 Å². The molecule has 0 saturated carbocycles. The molecule has 9 heteroatoms. The highest BCUT2D eigenvalue weighted by atomic mass is 19.4. The maximum absolute atomic E-state index is 12.6. The van der Waals surface area contributed by atoms with Gasteiger partial charge < -0.3 is 14.8 Å². The van der Waals surface area contributed by atoms with Gasteiger partial charge in [-0.05, 0) is 11.6 Å². The number of methoxy groups -OCH3 is 2. The first kappa shape index (κ1) is 19.5. The third kappa shape index (κ3) is 5.90. The number of ether oxygens (including phenoxy) is 2. The summed E-state index contributed by atoms with van der Waals surface area (Å²) in [5.74, 6) is -2.34. The van der Waals surface area contributed by atoms with E-state index in [0.29, 0.717) is 0 Å². The molecule has 132 valence electrons. The maximum atomic E-state index is 12.6. The Labute approximate surface area is 135 Å². The van der Waals surface area contributed by atoms with E-state index in [-0.39, 0.29) is 5.56 Å². The first-order valence-electron chi connectivity index (χ1n) is 6.77. The zero-order valence-corrected chi connectivity index (χ0v) is 13.0. The molecule has 1 atom stereocenters. The largest absolute Gasteiger partial charge is 0.469 e. The lowest BCUT2D eigenvalue weighted by molar-refractivity contribution is -0.150. The van der Waals surface area contributed by atoms with Crippen LogP contribution in [0.25, 0.3) is 0 Å². The Hall–Kier alpha value is -2.58. The Morgan fingerprint density at radius 3 is 2.38 bits per heavy atom. The monoisotopic (exact) mass is 347 g/mol. The molecule has 1 amide bonds. The van der Waals surface area contributed by atoms with Crippen molar-refractivity contribution in [2.24, 2.45) is 0 Å². The van der Waals surface area contributed by atoms with Crippen molar-refractivity contribution in [3.8, 4) is 0 Å². The molecule has 0 aliphatic heterocycles. The van der Waals surface area contributed by atoms with E-state index in [1.165, 1.54) is 12.1 Å². The number of carbonyl (C=O) groups is 3. The standard InChI is InChI=1S/C15H16F3NO5/c1-23-13(21)8-11(14(22)24-2)19-12(20)7-9-4-3-5-10(6-9)15(16,17)18/h3-6,11H,7-8H2,1-2H3,(H,19,20)/t11-/m0/s1. The third-order valence-corrected chi connectivity index (χ3v) is 3.04. The smallest absolute Gasteiger partial charge is 0.416 e. The Balaban J connectivity index is 2.79. The minimum Gasteiger partial charge on any atom is -0.469 e. The van der Waals surface area contributed by atoms with Crippen LogP contribution >= 0.6 is 0 Å². The number of carbonyl (C=O) groups excluding carboxylic acids is 3. The Morgan fingerprint density at radius 1 is 1.17 bits per heavy atom. The van der Waals surface area contributed by atoms with E-state index >= 15 is 0 Å². The predicted molar refractivity (Wildman–Crippen MR) is 75.7 cm³/mol. The van der Waals surface area contributed by atoms with E-state index in [4.69, 9.17) is 0 Å². The van der Waals surface area contributed by atoms with Crippen molar-refractivity contribution in [2.75, 3.05) is 14.2 Å². The van der Waals surface area contributed by atoms with Crippen molar-refractivity contribution in [1.29, 1.82) is 0 Å². The fraction of sp³-hybridized carbons (Fsp3) is 0.400. The van der Waals surface area contributed by atoms with Gasteiger partial charge in [0.2, 0.25) is 5.91 Å². The second-order valence-corrected chi connectivity index (χ2v) is 4.80. The number of nitrogens with one attached hydrogen (secondary N) is 1. The van der Waals surface area contributed by atoms with E-state index < -0.39 is 48.5 Å². The minimum absolute atomic E-state index is 0.115. The molecular formula is C15H16F3NO5. The minimum atomic E-state index is -4.52. The highest BCUT2D eigenvalue weighted by molar-refractivity contribution is 5.88. The van der Waals surface area contributed by atoms with Gasteiger partial charge in [-0.2, -0.15) is 13.2 Å². The molecule has 6 nitrogen and oxygen atoms in total. The van der Waals surface area contributed by atoms with Crippen molar-refractivity contribution in [2.45, 2.75) is 25.1 Å². The van der Waals surface area contributed by atoms with Crippen molar-refractivity contribution in [3.05, 3.63) is 35.4 Å². The fourth-order valence-corrected chi connectivity index (χ4v) is 1.87. The fourth-order valence-electron chi connectivity index (χ4n) is 1.87. The summed E-state index contributed by atoms with van der Waals surface area (Å²) in [6, 6.07) is 2.98. The molecule has 1 aromatic carbocycles. The number of hydrogen-bond acceptors (Lipinski definition) is 5. The number of rotatable bonds is 6. The third-order valence-electron chi connectivity index (χ3n) is 3.04. The van der Waals surface area contributed by atoms with Crippen LogP contribution in [-0.2, 0) is 36.5 Å². The van der Waals surface area contributed by atoms with Crippen LogP contribution < -0.4 is 5.32 Å². The number of amides is 1. The van der Waals surface area contributed by atoms with E-state index in [1.54, 1.807) is 0 Å². The molecule has 0 spiro atoms. The predicted octanol–water partition coefficient (Wildman–Crippen LogP) is 1.47. The molecule has 0 fully saturated rings. The van der Waals surface area contributed by atoms with Gasteiger partial charge in [-0.3, -0.25) is 9.59 Å². The molecule has 0 unspecified atom stereocenters. The maximum Gasteiger partial charge on any atom is 0.416 e. The van der Waals surface area contributed by atoms with Gasteiger partial charge in [-0.1, -0.05) is 18.2 Å². The highest BCUT2D eigenvalue weighted by Crippen LogP contribution is 2.29. The van der Waals surface area contributed by atoms with E-state index in [9.17, 15) is 27.6 Å². The number of hydrogen-bond donors (Lipinski definition) is 1. The first-order valence-corrected chi connectivity index (χ1v) is 6.77. The van der Waals surface area contributed by atoms with Crippen molar-refractivity contribution < 1.29 is 37.0 Å². The SMILES string of the molecule is COC(=O)C[C@H](NC(=O)Cc1cccc(C(F)(F)F)c1)C(=O)OC. The van der Waals surface area contributed by atoms with Crippen LogP contribution in [0.5, 0.6) is 0 Å². The summed E-state index contributed by atoms with van der Waals surface area (Å²) >= 11 is 0. The molecule has 0 aliphatic carbocycles. The van der Waals surface area contributed by atoms with E-state index in [2.05, 4.69) is 14.8 Å². The molecule has 1 N–H and O–H groups in total. The normalized spacial score (nSPS) is 12.2. The summed E-state index contributed by atoms with van der Waals surface area (Å²) in [7, 11) is 2.19. The van der Waals surface area contributed by atoms with Crippen molar-refractivity contribution in [1.82, 2.24) is 5.32 Å². The Morgan fingerprint density at radius 2 is 1.83 bits per heavy atom. The quantitative estimate of drug-likeness (QED) is 0.788. The van der Waals surface area contributed by atoms with Crippen LogP contribution in [0.1, 0.15) is 17.5 Å². The van der Waals surface area contributed by atoms with Gasteiger partial charge in [0, 0.05) is 0 Å². The molecule has 1 aromatic rings. The van der Waals surface area contributed by atoms with Crippen molar-refractivity contribution >= 4 is 17.8 Å². The molecular weight excluding hydrogens is 331 g/mol. The molecule has 1 rings (SSSR count). The van der Waals surface area contributed by atoms with Gasteiger partial charge >= 0.3 is 18.1 Å². The Kier molecular flexibility index (Phi) is 6.75. The van der Waals surface area contributed by atoms with Gasteiger partial charge in [0.1, 0.15) is 6.04 Å². The Bertz CT molecular complexity index is 615. The summed E-state index contributed by atoms with van der Waals surface area (Å²) in [5.41, 5.74) is -0.768. The van der Waals surface area contributed by atoms with Crippen LogP contribution in [0.2, 0.25) is 0 Å². The summed E-state index contributed by atoms with van der Waals surface area (Å²) in [5, 5.41) is 2.24. The van der Waals surface area contributed by atoms with Gasteiger partial charge in [0.05, 0.1) is 32.6 Å². The molecule has 24 heavy (non-hydrogen) atoms. The topological polar surface area (TPSA) is 81.7 Å². The second kappa shape index (κ2) is 8.32. The molecule has 0 bridgehead atoms. The van der Waals surface area contributed by atoms with Gasteiger partial charge in [-0.25, -0.2) is 4.79 Å². The summed E-state index contributed by atoms with van der Waals surface area (Å²) < 4.78 is 46.8. The number of halogens is 3. The first-order chi connectivity index (χ1) is 11.2. The van der Waals surface area contributed by atoms with Gasteiger partial charge in [0.15, 0.2) is 0 Å². The summed E-state index contributed by atoms with van der Waals surface area (Å²) in [6.45, 7) is 0. The summed E-state index contributed by atoms with van der Waals surface area (Å²) in [6.07, 6.45) is -5.36. The van der Waals surface area contributed by atoms with Crippen molar-refractivity contribution in [3.63, 3.8) is 0 Å². The zero-order valence-electron chi connectivity index (χ0n) is 13.0.